The topological polar surface area (TPSA) is 59.2 Å². The third-order valence-corrected chi connectivity index (χ3v) is 5.08. The summed E-state index contributed by atoms with van der Waals surface area (Å²) in [5.41, 5.74) is 9.11. The van der Waals surface area contributed by atoms with Crippen molar-refractivity contribution in [1.82, 2.24) is 9.88 Å². The number of aromatic nitrogens is 1. The summed E-state index contributed by atoms with van der Waals surface area (Å²) in [5.74, 6) is 0.918. The van der Waals surface area contributed by atoms with E-state index < -0.39 is 0 Å². The van der Waals surface area contributed by atoms with Crippen molar-refractivity contribution in [2.75, 3.05) is 13.1 Å². The maximum atomic E-state index is 12.5. The average Bonchev–Trinajstić information content (AvgIpc) is 2.68. The Morgan fingerprint density at radius 3 is 2.44 bits per heavy atom. The SMILES string of the molecule is NCc1ccc(CCC(=O)N2CCC(Cc3ccccn3)CC2)cc1. The Balaban J connectivity index is 1.41. The van der Waals surface area contributed by atoms with E-state index in [2.05, 4.69) is 23.2 Å². The summed E-state index contributed by atoms with van der Waals surface area (Å²) in [6, 6.07) is 14.3. The van der Waals surface area contributed by atoms with Gasteiger partial charge in [0.1, 0.15) is 0 Å². The molecule has 1 fully saturated rings. The lowest BCUT2D eigenvalue weighted by atomic mass is 9.91. The van der Waals surface area contributed by atoms with Gasteiger partial charge in [0.05, 0.1) is 0 Å². The highest BCUT2D eigenvalue weighted by Gasteiger charge is 2.22. The van der Waals surface area contributed by atoms with E-state index in [1.807, 2.05) is 35.4 Å². The van der Waals surface area contributed by atoms with Crippen LogP contribution in [-0.4, -0.2) is 28.9 Å². The predicted octanol–water partition coefficient (Wildman–Crippen LogP) is 2.95. The van der Waals surface area contributed by atoms with Crippen LogP contribution in [0, 0.1) is 5.92 Å². The molecule has 1 amide bonds. The summed E-state index contributed by atoms with van der Waals surface area (Å²) in [5, 5.41) is 0. The second-order valence-electron chi connectivity index (χ2n) is 6.87. The highest BCUT2D eigenvalue weighted by atomic mass is 16.2. The summed E-state index contributed by atoms with van der Waals surface area (Å²) >= 11 is 0. The Labute approximate surface area is 150 Å². The van der Waals surface area contributed by atoms with Gasteiger partial charge in [0.2, 0.25) is 5.91 Å². The summed E-state index contributed by atoms with van der Waals surface area (Å²) in [4.78, 5) is 18.9. The van der Waals surface area contributed by atoms with E-state index in [0.29, 0.717) is 18.9 Å². The molecule has 3 rings (SSSR count). The number of amides is 1. The minimum Gasteiger partial charge on any atom is -0.343 e. The van der Waals surface area contributed by atoms with Gasteiger partial charge in [-0.1, -0.05) is 30.3 Å². The molecule has 0 spiro atoms. The molecule has 2 aromatic rings. The van der Waals surface area contributed by atoms with Crippen LogP contribution >= 0.6 is 0 Å². The molecule has 1 aromatic heterocycles. The quantitative estimate of drug-likeness (QED) is 0.881. The first-order chi connectivity index (χ1) is 12.2. The zero-order valence-electron chi connectivity index (χ0n) is 14.7. The summed E-state index contributed by atoms with van der Waals surface area (Å²) in [6.07, 6.45) is 6.43. The number of carbonyl (C=O) groups excluding carboxylic acids is 1. The number of nitrogens with two attached hydrogens (primary N) is 1. The van der Waals surface area contributed by atoms with E-state index in [0.717, 1.165) is 50.0 Å². The van der Waals surface area contributed by atoms with Crippen LogP contribution in [0.3, 0.4) is 0 Å². The molecule has 0 bridgehead atoms. The molecule has 0 radical (unpaired) electrons. The monoisotopic (exact) mass is 337 g/mol. The van der Waals surface area contributed by atoms with Gasteiger partial charge in [0.25, 0.3) is 0 Å². The number of hydrogen-bond acceptors (Lipinski definition) is 3. The summed E-state index contributed by atoms with van der Waals surface area (Å²) < 4.78 is 0. The molecule has 1 aliphatic heterocycles. The Hall–Kier alpha value is -2.20. The van der Waals surface area contributed by atoms with Crippen molar-refractivity contribution in [3.63, 3.8) is 0 Å². The van der Waals surface area contributed by atoms with Crippen molar-refractivity contribution in [2.45, 2.75) is 38.6 Å². The number of pyridine rings is 1. The lowest BCUT2D eigenvalue weighted by Crippen LogP contribution is -2.39. The predicted molar refractivity (Wildman–Crippen MR) is 99.9 cm³/mol. The number of carbonyl (C=O) groups is 1. The molecular weight excluding hydrogens is 310 g/mol. The Morgan fingerprint density at radius 1 is 1.08 bits per heavy atom. The second kappa shape index (κ2) is 8.77. The standard InChI is InChI=1S/C21H27N3O/c22-16-19-6-4-17(5-7-19)8-9-21(25)24-13-10-18(11-14-24)15-20-3-1-2-12-23-20/h1-7,12,18H,8-11,13-16,22H2. The molecule has 4 heteroatoms. The molecule has 4 nitrogen and oxygen atoms in total. The van der Waals surface area contributed by atoms with Gasteiger partial charge in [-0.2, -0.15) is 0 Å². The van der Waals surface area contributed by atoms with Gasteiger partial charge in [-0.05, 0) is 54.9 Å². The molecule has 0 atom stereocenters. The molecule has 2 N–H and O–H groups in total. The molecule has 1 saturated heterocycles. The number of benzene rings is 1. The van der Waals surface area contributed by atoms with Crippen molar-refractivity contribution < 1.29 is 4.79 Å². The van der Waals surface area contributed by atoms with Crippen LogP contribution in [0.25, 0.3) is 0 Å². The van der Waals surface area contributed by atoms with Crippen molar-refractivity contribution >= 4 is 5.91 Å². The lowest BCUT2D eigenvalue weighted by molar-refractivity contribution is -0.132. The van der Waals surface area contributed by atoms with E-state index in [1.165, 1.54) is 5.56 Å². The molecule has 25 heavy (non-hydrogen) atoms. The van der Waals surface area contributed by atoms with E-state index in [4.69, 9.17) is 5.73 Å². The fraction of sp³-hybridized carbons (Fsp3) is 0.429. The molecule has 0 saturated carbocycles. The van der Waals surface area contributed by atoms with Crippen molar-refractivity contribution in [3.05, 3.63) is 65.5 Å². The fourth-order valence-electron chi connectivity index (χ4n) is 3.45. The Morgan fingerprint density at radius 2 is 1.80 bits per heavy atom. The first-order valence-electron chi connectivity index (χ1n) is 9.20. The Kier molecular flexibility index (Phi) is 6.18. The van der Waals surface area contributed by atoms with Crippen LogP contribution in [-0.2, 0) is 24.2 Å². The number of aryl methyl sites for hydroxylation is 1. The zero-order chi connectivity index (χ0) is 17.5. The van der Waals surface area contributed by atoms with Crippen molar-refractivity contribution in [1.29, 1.82) is 0 Å². The van der Waals surface area contributed by atoms with Gasteiger partial charge in [-0.15, -0.1) is 0 Å². The minimum absolute atomic E-state index is 0.277. The van der Waals surface area contributed by atoms with E-state index >= 15 is 0 Å². The molecule has 0 aliphatic carbocycles. The first-order valence-corrected chi connectivity index (χ1v) is 9.20. The molecule has 1 aromatic carbocycles. The number of piperidine rings is 1. The van der Waals surface area contributed by atoms with Crippen LogP contribution in [0.4, 0.5) is 0 Å². The zero-order valence-corrected chi connectivity index (χ0v) is 14.7. The van der Waals surface area contributed by atoms with Crippen molar-refractivity contribution in [3.8, 4) is 0 Å². The molecule has 0 unspecified atom stereocenters. The molecule has 132 valence electrons. The van der Waals surface area contributed by atoms with Gasteiger partial charge in [0.15, 0.2) is 0 Å². The number of hydrogen-bond donors (Lipinski definition) is 1. The second-order valence-corrected chi connectivity index (χ2v) is 6.87. The van der Waals surface area contributed by atoms with Crippen LogP contribution in [0.5, 0.6) is 0 Å². The number of likely N-dealkylation sites (tertiary alicyclic amines) is 1. The highest BCUT2D eigenvalue weighted by molar-refractivity contribution is 5.76. The van der Waals surface area contributed by atoms with Gasteiger partial charge in [-0.25, -0.2) is 0 Å². The smallest absolute Gasteiger partial charge is 0.222 e. The third-order valence-electron chi connectivity index (χ3n) is 5.08. The summed E-state index contributed by atoms with van der Waals surface area (Å²) in [6.45, 7) is 2.32. The van der Waals surface area contributed by atoms with Gasteiger partial charge in [-0.3, -0.25) is 9.78 Å². The van der Waals surface area contributed by atoms with E-state index in [9.17, 15) is 4.79 Å². The van der Waals surface area contributed by atoms with Crippen LogP contribution < -0.4 is 5.73 Å². The molecule has 2 heterocycles. The van der Waals surface area contributed by atoms with Gasteiger partial charge < -0.3 is 10.6 Å². The third kappa shape index (κ3) is 5.13. The molecule has 1 aliphatic rings. The number of rotatable bonds is 6. The summed E-state index contributed by atoms with van der Waals surface area (Å²) in [7, 11) is 0. The number of nitrogens with zero attached hydrogens (tertiary/aromatic N) is 2. The van der Waals surface area contributed by atoms with Crippen LogP contribution in [0.2, 0.25) is 0 Å². The maximum absolute atomic E-state index is 12.5. The molecular formula is C21H27N3O. The largest absolute Gasteiger partial charge is 0.343 e. The maximum Gasteiger partial charge on any atom is 0.222 e. The normalized spacial score (nSPS) is 15.3. The highest BCUT2D eigenvalue weighted by Crippen LogP contribution is 2.21. The van der Waals surface area contributed by atoms with Gasteiger partial charge >= 0.3 is 0 Å². The van der Waals surface area contributed by atoms with Gasteiger partial charge in [0, 0.05) is 37.9 Å². The van der Waals surface area contributed by atoms with Crippen LogP contribution in [0.1, 0.15) is 36.1 Å². The van der Waals surface area contributed by atoms with E-state index in [1.54, 1.807) is 0 Å². The average molecular weight is 337 g/mol. The van der Waals surface area contributed by atoms with Crippen molar-refractivity contribution in [2.24, 2.45) is 11.7 Å². The van der Waals surface area contributed by atoms with E-state index in [-0.39, 0.29) is 5.91 Å². The fourth-order valence-corrected chi connectivity index (χ4v) is 3.45. The first kappa shape index (κ1) is 17.6. The lowest BCUT2D eigenvalue weighted by Gasteiger charge is -2.32. The van der Waals surface area contributed by atoms with Crippen LogP contribution in [0.15, 0.2) is 48.7 Å². The minimum atomic E-state index is 0.277. The Bertz CT molecular complexity index is 661.